The lowest BCUT2D eigenvalue weighted by Gasteiger charge is -2.19. The van der Waals surface area contributed by atoms with Crippen molar-refractivity contribution in [2.45, 2.75) is 20.8 Å². The Morgan fingerprint density at radius 1 is 1.42 bits per heavy atom. The number of rotatable bonds is 1. The molecule has 0 spiro atoms. The fourth-order valence-corrected chi connectivity index (χ4v) is 1.85. The van der Waals surface area contributed by atoms with Gasteiger partial charge in [0, 0.05) is 19.6 Å². The van der Waals surface area contributed by atoms with E-state index in [9.17, 15) is 0 Å². The molecule has 0 aromatic heterocycles. The molecule has 0 aromatic rings. The zero-order valence-corrected chi connectivity index (χ0v) is 8.95. The Hall–Kier alpha value is -0.310. The van der Waals surface area contributed by atoms with E-state index in [1.54, 1.807) is 0 Å². The van der Waals surface area contributed by atoms with E-state index < -0.39 is 0 Å². The van der Waals surface area contributed by atoms with Crippen LogP contribution in [0, 0.1) is 11.8 Å². The third-order valence-corrected chi connectivity index (χ3v) is 3.01. The molecule has 1 aliphatic heterocycles. The molecule has 70 valence electrons. The zero-order chi connectivity index (χ0) is 9.14. The second kappa shape index (κ2) is 4.08. The van der Waals surface area contributed by atoms with Crippen LogP contribution < -0.4 is 5.32 Å². The Morgan fingerprint density at radius 3 is 2.33 bits per heavy atom. The minimum atomic E-state index is 0.779. The van der Waals surface area contributed by atoms with Gasteiger partial charge in [-0.1, -0.05) is 13.8 Å². The summed E-state index contributed by atoms with van der Waals surface area (Å²) in [5, 5.41) is 4.11. The van der Waals surface area contributed by atoms with Gasteiger partial charge in [0.05, 0.1) is 0 Å². The van der Waals surface area contributed by atoms with E-state index >= 15 is 0 Å². The molecule has 0 amide bonds. The predicted octanol–water partition coefficient (Wildman–Crippen LogP) is 1.47. The van der Waals surface area contributed by atoms with E-state index in [0.717, 1.165) is 36.6 Å². The Kier molecular flexibility index (Phi) is 3.32. The van der Waals surface area contributed by atoms with E-state index in [2.05, 4.69) is 31.0 Å². The SMILES string of the molecule is CCNC(=S)N1CC(C)C(C)C1. The van der Waals surface area contributed by atoms with E-state index in [4.69, 9.17) is 12.2 Å². The van der Waals surface area contributed by atoms with Crippen LogP contribution in [0.1, 0.15) is 20.8 Å². The average molecular weight is 186 g/mol. The molecule has 2 atom stereocenters. The molecule has 0 bridgehead atoms. The summed E-state index contributed by atoms with van der Waals surface area (Å²) in [6, 6.07) is 0. The molecular formula is C9H18N2S. The molecule has 1 heterocycles. The summed E-state index contributed by atoms with van der Waals surface area (Å²) < 4.78 is 0. The van der Waals surface area contributed by atoms with Gasteiger partial charge >= 0.3 is 0 Å². The van der Waals surface area contributed by atoms with Crippen LogP contribution in [0.2, 0.25) is 0 Å². The maximum Gasteiger partial charge on any atom is 0.168 e. The second-order valence-electron chi connectivity index (χ2n) is 3.70. The number of likely N-dealkylation sites (tertiary alicyclic amines) is 1. The van der Waals surface area contributed by atoms with Crippen LogP contribution in [-0.4, -0.2) is 29.6 Å². The Bertz CT molecular complexity index is 160. The molecule has 0 aromatic carbocycles. The lowest BCUT2D eigenvalue weighted by molar-refractivity contribution is 0.485. The minimum Gasteiger partial charge on any atom is -0.363 e. The highest BCUT2D eigenvalue weighted by Gasteiger charge is 2.26. The monoisotopic (exact) mass is 186 g/mol. The molecule has 2 nitrogen and oxygen atoms in total. The van der Waals surface area contributed by atoms with Crippen molar-refractivity contribution < 1.29 is 0 Å². The number of hydrogen-bond donors (Lipinski definition) is 1. The quantitative estimate of drug-likeness (QED) is 0.624. The van der Waals surface area contributed by atoms with Crippen LogP contribution >= 0.6 is 12.2 Å². The first-order valence-corrected chi connectivity index (χ1v) is 5.08. The van der Waals surface area contributed by atoms with Crippen LogP contribution in [0.25, 0.3) is 0 Å². The summed E-state index contributed by atoms with van der Waals surface area (Å²) in [7, 11) is 0. The molecule has 1 rings (SSSR count). The first kappa shape index (κ1) is 9.78. The lowest BCUT2D eigenvalue weighted by Crippen LogP contribution is -2.38. The zero-order valence-electron chi connectivity index (χ0n) is 8.13. The average Bonchev–Trinajstić information content (AvgIpc) is 2.33. The molecule has 3 heteroatoms. The second-order valence-corrected chi connectivity index (χ2v) is 4.08. The van der Waals surface area contributed by atoms with Gasteiger partial charge < -0.3 is 10.2 Å². The summed E-state index contributed by atoms with van der Waals surface area (Å²) in [5.41, 5.74) is 0. The highest BCUT2D eigenvalue weighted by atomic mass is 32.1. The summed E-state index contributed by atoms with van der Waals surface area (Å²) >= 11 is 5.23. The van der Waals surface area contributed by atoms with Crippen molar-refractivity contribution in [1.29, 1.82) is 0 Å². The fourth-order valence-electron chi connectivity index (χ4n) is 1.56. The van der Waals surface area contributed by atoms with Crippen molar-refractivity contribution >= 4 is 17.3 Å². The predicted molar refractivity (Wildman–Crippen MR) is 56.2 cm³/mol. The fraction of sp³-hybridized carbons (Fsp3) is 0.889. The third kappa shape index (κ3) is 2.09. The molecule has 0 radical (unpaired) electrons. The topological polar surface area (TPSA) is 15.3 Å². The van der Waals surface area contributed by atoms with Gasteiger partial charge in [-0.3, -0.25) is 0 Å². The van der Waals surface area contributed by atoms with Crippen LogP contribution in [0.5, 0.6) is 0 Å². The van der Waals surface area contributed by atoms with Gasteiger partial charge in [-0.05, 0) is 31.0 Å². The number of thiocarbonyl (C=S) groups is 1. The van der Waals surface area contributed by atoms with Gasteiger partial charge in [-0.25, -0.2) is 0 Å². The minimum absolute atomic E-state index is 0.779. The van der Waals surface area contributed by atoms with Crippen molar-refractivity contribution in [2.24, 2.45) is 11.8 Å². The molecule has 1 aliphatic rings. The molecule has 12 heavy (non-hydrogen) atoms. The summed E-state index contributed by atoms with van der Waals surface area (Å²) in [6.45, 7) is 9.83. The number of nitrogens with zero attached hydrogens (tertiary/aromatic N) is 1. The number of hydrogen-bond acceptors (Lipinski definition) is 1. The van der Waals surface area contributed by atoms with Crippen LogP contribution in [0.4, 0.5) is 0 Å². The van der Waals surface area contributed by atoms with E-state index in [-0.39, 0.29) is 0 Å². The van der Waals surface area contributed by atoms with Gasteiger partial charge in [-0.2, -0.15) is 0 Å². The first-order valence-electron chi connectivity index (χ1n) is 4.68. The molecule has 1 N–H and O–H groups in total. The Labute approximate surface area is 80.3 Å². The summed E-state index contributed by atoms with van der Waals surface area (Å²) in [5.74, 6) is 1.56. The smallest absolute Gasteiger partial charge is 0.168 e. The van der Waals surface area contributed by atoms with Gasteiger partial charge in [0.25, 0.3) is 0 Å². The molecule has 1 saturated heterocycles. The van der Waals surface area contributed by atoms with Crippen LogP contribution in [0.15, 0.2) is 0 Å². The molecule has 1 fully saturated rings. The van der Waals surface area contributed by atoms with Crippen molar-refractivity contribution in [3.8, 4) is 0 Å². The van der Waals surface area contributed by atoms with Crippen molar-refractivity contribution in [3.63, 3.8) is 0 Å². The van der Waals surface area contributed by atoms with Gasteiger partial charge in [0.2, 0.25) is 0 Å². The van der Waals surface area contributed by atoms with Gasteiger partial charge in [-0.15, -0.1) is 0 Å². The maximum atomic E-state index is 5.23. The lowest BCUT2D eigenvalue weighted by atomic mass is 10.0. The van der Waals surface area contributed by atoms with Crippen LogP contribution in [-0.2, 0) is 0 Å². The maximum absolute atomic E-state index is 5.23. The highest BCUT2D eigenvalue weighted by Crippen LogP contribution is 2.21. The summed E-state index contributed by atoms with van der Waals surface area (Å²) in [6.07, 6.45) is 0. The van der Waals surface area contributed by atoms with Gasteiger partial charge in [0.1, 0.15) is 0 Å². The molecule has 2 unspecified atom stereocenters. The van der Waals surface area contributed by atoms with E-state index in [1.807, 2.05) is 0 Å². The van der Waals surface area contributed by atoms with Crippen molar-refractivity contribution in [2.75, 3.05) is 19.6 Å². The molecule has 0 aliphatic carbocycles. The normalized spacial score (nSPS) is 29.1. The van der Waals surface area contributed by atoms with E-state index in [1.165, 1.54) is 0 Å². The van der Waals surface area contributed by atoms with Crippen molar-refractivity contribution in [1.82, 2.24) is 10.2 Å². The Balaban J connectivity index is 2.40. The first-order chi connectivity index (χ1) is 5.65. The van der Waals surface area contributed by atoms with Gasteiger partial charge in [0.15, 0.2) is 5.11 Å². The Morgan fingerprint density at radius 2 is 1.92 bits per heavy atom. The number of nitrogens with one attached hydrogen (secondary N) is 1. The van der Waals surface area contributed by atoms with E-state index in [0.29, 0.717) is 0 Å². The molecular weight excluding hydrogens is 168 g/mol. The summed E-state index contributed by atoms with van der Waals surface area (Å²) in [4.78, 5) is 2.27. The third-order valence-electron chi connectivity index (χ3n) is 2.60. The largest absolute Gasteiger partial charge is 0.363 e. The van der Waals surface area contributed by atoms with Crippen LogP contribution in [0.3, 0.4) is 0 Å². The van der Waals surface area contributed by atoms with Crippen molar-refractivity contribution in [3.05, 3.63) is 0 Å². The standard InChI is InChI=1S/C9H18N2S/c1-4-10-9(12)11-5-7(2)8(3)6-11/h7-8H,4-6H2,1-3H3,(H,10,12). The highest BCUT2D eigenvalue weighted by molar-refractivity contribution is 7.80. The molecule has 0 saturated carbocycles.